The quantitative estimate of drug-likeness (QED) is 0.335. The number of carbonyl (C=O) groups excluding carboxylic acids is 1. The summed E-state index contributed by atoms with van der Waals surface area (Å²) in [7, 11) is 1.69. The standard InChI is InChI=1S/C19H28Cl2N4O.HI/c1-3-23-19(24-7-4-15-10-16(20)13-17(21)11-15)25-8-5-14(6-9-25)12-18(26)22-2;/h10-11,13-14H,3-9,12H2,1-2H3,(H,22,26)(H,23,24);1H. The van der Waals surface area contributed by atoms with Crippen molar-refractivity contribution >= 4 is 59.0 Å². The molecule has 1 heterocycles. The Morgan fingerprint density at radius 3 is 2.41 bits per heavy atom. The van der Waals surface area contributed by atoms with Crippen LogP contribution in [-0.4, -0.2) is 50.0 Å². The Balaban J connectivity index is 0.00000364. The van der Waals surface area contributed by atoms with Crippen molar-refractivity contribution in [3.8, 4) is 0 Å². The molecule has 1 aliphatic rings. The highest BCUT2D eigenvalue weighted by molar-refractivity contribution is 14.0. The van der Waals surface area contributed by atoms with Gasteiger partial charge in [0.2, 0.25) is 5.91 Å². The number of benzene rings is 1. The third-order valence-corrected chi connectivity index (χ3v) is 5.02. The highest BCUT2D eigenvalue weighted by atomic mass is 127. The van der Waals surface area contributed by atoms with Crippen LogP contribution in [0, 0.1) is 5.92 Å². The normalized spacial score (nSPS) is 15.3. The lowest BCUT2D eigenvalue weighted by Crippen LogP contribution is -2.46. The minimum atomic E-state index is 0. The van der Waals surface area contributed by atoms with Gasteiger partial charge in [0.25, 0.3) is 0 Å². The van der Waals surface area contributed by atoms with Crippen LogP contribution in [0.5, 0.6) is 0 Å². The molecule has 1 fully saturated rings. The van der Waals surface area contributed by atoms with Crippen LogP contribution in [0.3, 0.4) is 0 Å². The molecule has 5 nitrogen and oxygen atoms in total. The molecule has 0 spiro atoms. The first-order valence-electron chi connectivity index (χ1n) is 9.20. The van der Waals surface area contributed by atoms with Crippen LogP contribution in [0.2, 0.25) is 10.0 Å². The summed E-state index contributed by atoms with van der Waals surface area (Å²) in [5, 5.41) is 7.39. The van der Waals surface area contributed by atoms with Gasteiger partial charge < -0.3 is 15.5 Å². The van der Waals surface area contributed by atoms with E-state index in [-0.39, 0.29) is 29.9 Å². The first-order valence-corrected chi connectivity index (χ1v) is 9.96. The largest absolute Gasteiger partial charge is 0.359 e. The summed E-state index contributed by atoms with van der Waals surface area (Å²) in [5.74, 6) is 1.53. The number of carbonyl (C=O) groups is 1. The van der Waals surface area contributed by atoms with Gasteiger partial charge >= 0.3 is 0 Å². The molecule has 1 aromatic carbocycles. The monoisotopic (exact) mass is 526 g/mol. The van der Waals surface area contributed by atoms with Crippen molar-refractivity contribution in [1.82, 2.24) is 15.5 Å². The van der Waals surface area contributed by atoms with Crippen molar-refractivity contribution in [3.63, 3.8) is 0 Å². The summed E-state index contributed by atoms with van der Waals surface area (Å²) in [6.07, 6.45) is 3.44. The lowest BCUT2D eigenvalue weighted by molar-refractivity contribution is -0.121. The van der Waals surface area contributed by atoms with E-state index >= 15 is 0 Å². The van der Waals surface area contributed by atoms with E-state index in [4.69, 9.17) is 28.2 Å². The zero-order chi connectivity index (χ0) is 18.9. The summed E-state index contributed by atoms with van der Waals surface area (Å²) < 4.78 is 0. The molecule has 0 bridgehead atoms. The number of amides is 1. The molecule has 27 heavy (non-hydrogen) atoms. The predicted molar refractivity (Wildman–Crippen MR) is 125 cm³/mol. The number of hydrogen-bond donors (Lipinski definition) is 2. The van der Waals surface area contributed by atoms with E-state index in [2.05, 4.69) is 22.5 Å². The minimum absolute atomic E-state index is 0. The van der Waals surface area contributed by atoms with Crippen LogP contribution in [0.1, 0.15) is 31.7 Å². The van der Waals surface area contributed by atoms with Gasteiger partial charge in [-0.2, -0.15) is 0 Å². The lowest BCUT2D eigenvalue weighted by Gasteiger charge is -2.34. The second-order valence-corrected chi connectivity index (χ2v) is 7.44. The van der Waals surface area contributed by atoms with Gasteiger partial charge in [0.15, 0.2) is 5.96 Å². The van der Waals surface area contributed by atoms with Gasteiger partial charge in [0.05, 0.1) is 0 Å². The number of halogens is 3. The SMILES string of the molecule is CCNC(=NCCc1cc(Cl)cc(Cl)c1)N1CCC(CC(=O)NC)CC1.I. The molecule has 2 N–H and O–H groups in total. The van der Waals surface area contributed by atoms with E-state index in [1.165, 1.54) is 0 Å². The van der Waals surface area contributed by atoms with Gasteiger partial charge in [-0.1, -0.05) is 23.2 Å². The molecule has 0 saturated carbocycles. The maximum Gasteiger partial charge on any atom is 0.220 e. The molecular weight excluding hydrogens is 498 g/mol. The van der Waals surface area contributed by atoms with Crippen LogP contribution in [0.15, 0.2) is 23.2 Å². The van der Waals surface area contributed by atoms with E-state index in [1.54, 1.807) is 13.1 Å². The molecule has 1 saturated heterocycles. The van der Waals surface area contributed by atoms with Crippen molar-refractivity contribution in [1.29, 1.82) is 0 Å². The maximum atomic E-state index is 11.5. The summed E-state index contributed by atoms with van der Waals surface area (Å²) in [5.41, 5.74) is 1.09. The van der Waals surface area contributed by atoms with Crippen LogP contribution in [0.25, 0.3) is 0 Å². The van der Waals surface area contributed by atoms with E-state index in [0.717, 1.165) is 50.4 Å². The topological polar surface area (TPSA) is 56.7 Å². The second-order valence-electron chi connectivity index (χ2n) is 6.57. The molecule has 0 atom stereocenters. The van der Waals surface area contributed by atoms with Gasteiger partial charge in [-0.05, 0) is 55.9 Å². The maximum absolute atomic E-state index is 11.5. The van der Waals surface area contributed by atoms with Crippen LogP contribution >= 0.6 is 47.2 Å². The fourth-order valence-corrected chi connectivity index (χ4v) is 3.76. The Labute approximate surface area is 189 Å². The number of nitrogens with zero attached hydrogens (tertiary/aromatic N) is 2. The van der Waals surface area contributed by atoms with Crippen LogP contribution in [-0.2, 0) is 11.2 Å². The molecular formula is C19H29Cl2IN4O. The molecule has 2 rings (SSSR count). The lowest BCUT2D eigenvalue weighted by atomic mass is 9.93. The van der Waals surface area contributed by atoms with Gasteiger partial charge in [-0.25, -0.2) is 0 Å². The van der Waals surface area contributed by atoms with Crippen molar-refractivity contribution in [2.45, 2.75) is 32.6 Å². The Hall–Kier alpha value is -0.730. The zero-order valence-corrected chi connectivity index (χ0v) is 19.8. The summed E-state index contributed by atoms with van der Waals surface area (Å²) in [6.45, 7) is 5.44. The zero-order valence-electron chi connectivity index (χ0n) is 15.9. The van der Waals surface area contributed by atoms with Gasteiger partial charge in [0.1, 0.15) is 0 Å². The highest BCUT2D eigenvalue weighted by Gasteiger charge is 2.22. The molecule has 1 amide bonds. The van der Waals surface area contributed by atoms with Gasteiger partial charge in [-0.15, -0.1) is 24.0 Å². The van der Waals surface area contributed by atoms with Gasteiger partial charge in [-0.3, -0.25) is 9.79 Å². The average Bonchev–Trinajstić information content (AvgIpc) is 2.61. The average molecular weight is 527 g/mol. The predicted octanol–water partition coefficient (Wildman–Crippen LogP) is 3.97. The Bertz CT molecular complexity index is 614. The molecule has 8 heteroatoms. The van der Waals surface area contributed by atoms with Gasteiger partial charge in [0, 0.05) is 49.7 Å². The Kier molecular flexibility index (Phi) is 11.4. The second kappa shape index (κ2) is 12.7. The fourth-order valence-electron chi connectivity index (χ4n) is 3.19. The number of rotatable bonds is 6. The first-order chi connectivity index (χ1) is 12.5. The number of guanidine groups is 1. The molecule has 1 aromatic rings. The molecule has 1 aliphatic heterocycles. The third kappa shape index (κ3) is 8.44. The molecule has 0 aliphatic carbocycles. The summed E-state index contributed by atoms with van der Waals surface area (Å²) >= 11 is 12.1. The fraction of sp³-hybridized carbons (Fsp3) is 0.579. The Morgan fingerprint density at radius 1 is 1.22 bits per heavy atom. The van der Waals surface area contributed by atoms with Crippen LogP contribution < -0.4 is 10.6 Å². The van der Waals surface area contributed by atoms with Crippen LogP contribution in [0.4, 0.5) is 0 Å². The first kappa shape index (κ1) is 24.3. The van der Waals surface area contributed by atoms with Crippen molar-refractivity contribution in [2.24, 2.45) is 10.9 Å². The van der Waals surface area contributed by atoms with E-state index < -0.39 is 0 Å². The van der Waals surface area contributed by atoms with Crippen molar-refractivity contribution in [3.05, 3.63) is 33.8 Å². The summed E-state index contributed by atoms with van der Waals surface area (Å²) in [6, 6.07) is 5.60. The molecule has 152 valence electrons. The van der Waals surface area contributed by atoms with Crippen molar-refractivity contribution < 1.29 is 4.79 Å². The number of hydrogen-bond acceptors (Lipinski definition) is 2. The number of aliphatic imine (C=N–C) groups is 1. The number of likely N-dealkylation sites (tertiary alicyclic amines) is 1. The highest BCUT2D eigenvalue weighted by Crippen LogP contribution is 2.21. The molecule has 0 aromatic heterocycles. The van der Waals surface area contributed by atoms with Crippen molar-refractivity contribution in [2.75, 3.05) is 33.2 Å². The Morgan fingerprint density at radius 2 is 1.85 bits per heavy atom. The molecule has 0 unspecified atom stereocenters. The smallest absolute Gasteiger partial charge is 0.220 e. The number of nitrogens with one attached hydrogen (secondary N) is 2. The van der Waals surface area contributed by atoms with E-state index in [1.807, 2.05) is 12.1 Å². The summed E-state index contributed by atoms with van der Waals surface area (Å²) in [4.78, 5) is 18.6. The van der Waals surface area contributed by atoms with E-state index in [0.29, 0.717) is 28.9 Å². The third-order valence-electron chi connectivity index (χ3n) is 4.59. The molecule has 0 radical (unpaired) electrons. The number of piperidine rings is 1. The van der Waals surface area contributed by atoms with E-state index in [9.17, 15) is 4.79 Å². The minimum Gasteiger partial charge on any atom is -0.359 e.